The summed E-state index contributed by atoms with van der Waals surface area (Å²) in [5.41, 5.74) is 1.75. The highest BCUT2D eigenvalue weighted by atomic mass is 32.1. The van der Waals surface area contributed by atoms with Crippen LogP contribution in [0.25, 0.3) is 0 Å². The largest absolute Gasteiger partial charge is 0.490 e. The van der Waals surface area contributed by atoms with Crippen LogP contribution in [0.2, 0.25) is 0 Å². The molecule has 0 unspecified atom stereocenters. The van der Waals surface area contributed by atoms with Crippen LogP contribution in [-0.4, -0.2) is 60.2 Å². The fourth-order valence-electron chi connectivity index (χ4n) is 3.80. The number of benzene rings is 3. The molecule has 6 nitrogen and oxygen atoms in total. The van der Waals surface area contributed by atoms with Gasteiger partial charge in [0.15, 0.2) is 5.11 Å². The Balaban J connectivity index is 1.24. The summed E-state index contributed by atoms with van der Waals surface area (Å²) in [6.07, 6.45) is 0. The first-order chi connectivity index (χ1) is 16.7. The number of rotatable bonds is 8. The van der Waals surface area contributed by atoms with Crippen molar-refractivity contribution in [1.82, 2.24) is 15.1 Å². The van der Waals surface area contributed by atoms with Gasteiger partial charge in [-0.15, -0.1) is 0 Å². The predicted molar refractivity (Wildman–Crippen MR) is 137 cm³/mol. The molecule has 176 valence electrons. The third-order valence-electron chi connectivity index (χ3n) is 5.61. The summed E-state index contributed by atoms with van der Waals surface area (Å²) in [6, 6.07) is 27.2. The molecule has 1 fully saturated rings. The molecule has 1 amide bonds. The van der Waals surface area contributed by atoms with Gasteiger partial charge in [0.1, 0.15) is 24.7 Å². The van der Waals surface area contributed by atoms with Gasteiger partial charge in [-0.05, 0) is 42.0 Å². The van der Waals surface area contributed by atoms with E-state index in [-0.39, 0.29) is 5.91 Å². The maximum atomic E-state index is 12.9. The third kappa shape index (κ3) is 6.79. The summed E-state index contributed by atoms with van der Waals surface area (Å²) in [5, 5.41) is 3.33. The topological polar surface area (TPSA) is 54.0 Å². The summed E-state index contributed by atoms with van der Waals surface area (Å²) < 4.78 is 11.5. The summed E-state index contributed by atoms with van der Waals surface area (Å²) in [5.74, 6) is 1.02. The SMILES string of the molecule is O=C(NC(=S)N1CCN(Cc2ccccc2)CC1)c1ccccc1OCCOc1ccccc1. The van der Waals surface area contributed by atoms with Crippen LogP contribution >= 0.6 is 12.2 Å². The average Bonchev–Trinajstić information content (AvgIpc) is 2.88. The first kappa shape index (κ1) is 23.7. The lowest BCUT2D eigenvalue weighted by Gasteiger charge is -2.36. The quantitative estimate of drug-likeness (QED) is 0.393. The number of hydrogen-bond acceptors (Lipinski definition) is 5. The lowest BCUT2D eigenvalue weighted by atomic mass is 10.2. The van der Waals surface area contributed by atoms with Crippen LogP contribution in [0.5, 0.6) is 11.5 Å². The molecule has 0 aliphatic carbocycles. The van der Waals surface area contributed by atoms with E-state index in [9.17, 15) is 4.79 Å². The van der Waals surface area contributed by atoms with Crippen LogP contribution in [0.3, 0.4) is 0 Å². The zero-order valence-corrected chi connectivity index (χ0v) is 19.9. The highest BCUT2D eigenvalue weighted by Gasteiger charge is 2.21. The fourth-order valence-corrected chi connectivity index (χ4v) is 4.08. The first-order valence-corrected chi connectivity index (χ1v) is 11.9. The van der Waals surface area contributed by atoms with Gasteiger partial charge in [0.05, 0.1) is 5.56 Å². The molecule has 1 heterocycles. The van der Waals surface area contributed by atoms with E-state index in [0.717, 1.165) is 38.5 Å². The molecular formula is C27H29N3O3S. The molecule has 1 N–H and O–H groups in total. The highest BCUT2D eigenvalue weighted by molar-refractivity contribution is 7.80. The third-order valence-corrected chi connectivity index (χ3v) is 5.97. The van der Waals surface area contributed by atoms with Gasteiger partial charge in [-0.2, -0.15) is 0 Å². The summed E-state index contributed by atoms with van der Waals surface area (Å²) in [4.78, 5) is 17.4. The molecule has 0 atom stereocenters. The zero-order valence-electron chi connectivity index (χ0n) is 19.1. The first-order valence-electron chi connectivity index (χ1n) is 11.5. The van der Waals surface area contributed by atoms with Crippen molar-refractivity contribution in [1.29, 1.82) is 0 Å². The molecule has 4 rings (SSSR count). The molecule has 1 aliphatic heterocycles. The van der Waals surface area contributed by atoms with Crippen LogP contribution in [0.1, 0.15) is 15.9 Å². The lowest BCUT2D eigenvalue weighted by molar-refractivity contribution is 0.0964. The van der Waals surface area contributed by atoms with Gasteiger partial charge in [0.25, 0.3) is 5.91 Å². The zero-order chi connectivity index (χ0) is 23.6. The average molecular weight is 476 g/mol. The van der Waals surface area contributed by atoms with Gasteiger partial charge in [-0.25, -0.2) is 0 Å². The van der Waals surface area contributed by atoms with E-state index in [1.807, 2.05) is 53.4 Å². The van der Waals surface area contributed by atoms with Crippen molar-refractivity contribution in [3.63, 3.8) is 0 Å². The van der Waals surface area contributed by atoms with Crippen LogP contribution < -0.4 is 14.8 Å². The number of para-hydroxylation sites is 2. The molecule has 0 spiro atoms. The second-order valence-electron chi connectivity index (χ2n) is 8.01. The molecule has 0 saturated carbocycles. The van der Waals surface area contributed by atoms with Gasteiger partial charge >= 0.3 is 0 Å². The summed E-state index contributed by atoms with van der Waals surface area (Å²) in [7, 11) is 0. The van der Waals surface area contributed by atoms with E-state index >= 15 is 0 Å². The van der Waals surface area contributed by atoms with Gasteiger partial charge < -0.3 is 14.4 Å². The van der Waals surface area contributed by atoms with Crippen molar-refractivity contribution in [2.24, 2.45) is 0 Å². The van der Waals surface area contributed by atoms with Gasteiger partial charge in [0.2, 0.25) is 0 Å². The molecule has 7 heteroatoms. The number of ether oxygens (including phenoxy) is 2. The van der Waals surface area contributed by atoms with Gasteiger partial charge in [0, 0.05) is 32.7 Å². The Bertz CT molecular complexity index is 1070. The second-order valence-corrected chi connectivity index (χ2v) is 8.40. The predicted octanol–water partition coefficient (Wildman–Crippen LogP) is 3.98. The number of amides is 1. The molecule has 0 radical (unpaired) electrons. The Hall–Kier alpha value is -3.42. The fraction of sp³-hybridized carbons (Fsp3) is 0.259. The Morgan fingerprint density at radius 3 is 2.15 bits per heavy atom. The lowest BCUT2D eigenvalue weighted by Crippen LogP contribution is -2.52. The molecule has 1 saturated heterocycles. The number of nitrogens with zero attached hydrogens (tertiary/aromatic N) is 2. The van der Waals surface area contributed by atoms with E-state index < -0.39 is 0 Å². The number of hydrogen-bond donors (Lipinski definition) is 1. The van der Waals surface area contributed by atoms with E-state index in [0.29, 0.717) is 29.6 Å². The van der Waals surface area contributed by atoms with Crippen molar-refractivity contribution in [2.45, 2.75) is 6.54 Å². The summed E-state index contributed by atoms with van der Waals surface area (Å²) >= 11 is 5.54. The van der Waals surface area contributed by atoms with Gasteiger partial charge in [-0.1, -0.05) is 60.7 Å². The maximum Gasteiger partial charge on any atom is 0.261 e. The van der Waals surface area contributed by atoms with Crippen LogP contribution in [0.15, 0.2) is 84.9 Å². The monoisotopic (exact) mass is 475 g/mol. The number of thiocarbonyl (C=S) groups is 1. The smallest absolute Gasteiger partial charge is 0.261 e. The number of piperazine rings is 1. The Morgan fingerprint density at radius 1 is 0.794 bits per heavy atom. The molecular weight excluding hydrogens is 446 g/mol. The van der Waals surface area contributed by atoms with Crippen molar-refractivity contribution < 1.29 is 14.3 Å². The van der Waals surface area contributed by atoms with Crippen molar-refractivity contribution >= 4 is 23.2 Å². The Morgan fingerprint density at radius 2 is 1.41 bits per heavy atom. The number of carbonyl (C=O) groups is 1. The molecule has 0 aromatic heterocycles. The molecule has 3 aromatic carbocycles. The minimum Gasteiger partial charge on any atom is -0.490 e. The number of carbonyl (C=O) groups excluding carboxylic acids is 1. The van der Waals surface area contributed by atoms with Crippen LogP contribution in [0, 0.1) is 0 Å². The van der Waals surface area contributed by atoms with Crippen LogP contribution in [0.4, 0.5) is 0 Å². The van der Waals surface area contributed by atoms with E-state index in [4.69, 9.17) is 21.7 Å². The maximum absolute atomic E-state index is 12.9. The minimum atomic E-state index is -0.267. The molecule has 34 heavy (non-hydrogen) atoms. The standard InChI is InChI=1S/C27H29N3O3S/c31-26(24-13-7-8-14-25(24)33-20-19-32-23-11-5-2-6-12-23)28-27(34)30-17-15-29(16-18-30)21-22-9-3-1-4-10-22/h1-14H,15-21H2,(H,28,31,34). The summed E-state index contributed by atoms with van der Waals surface area (Å²) in [6.45, 7) is 4.98. The van der Waals surface area contributed by atoms with Crippen LogP contribution in [-0.2, 0) is 6.54 Å². The Kier molecular flexibility index (Phi) is 8.48. The van der Waals surface area contributed by atoms with Crippen molar-refractivity contribution in [3.8, 4) is 11.5 Å². The second kappa shape index (κ2) is 12.2. The van der Waals surface area contributed by atoms with Gasteiger partial charge in [-0.3, -0.25) is 15.0 Å². The highest BCUT2D eigenvalue weighted by Crippen LogP contribution is 2.18. The normalized spacial score (nSPS) is 13.8. The Labute approximate surface area is 206 Å². The molecule has 3 aromatic rings. The minimum absolute atomic E-state index is 0.267. The van der Waals surface area contributed by atoms with Crippen molar-refractivity contribution in [3.05, 3.63) is 96.1 Å². The molecule has 0 bridgehead atoms. The van der Waals surface area contributed by atoms with E-state index in [2.05, 4.69) is 34.5 Å². The van der Waals surface area contributed by atoms with E-state index in [1.165, 1.54) is 5.56 Å². The van der Waals surface area contributed by atoms with Crippen molar-refractivity contribution in [2.75, 3.05) is 39.4 Å². The molecule has 1 aliphatic rings. The van der Waals surface area contributed by atoms with E-state index in [1.54, 1.807) is 12.1 Å². The number of nitrogens with one attached hydrogen (secondary N) is 1.